The quantitative estimate of drug-likeness (QED) is 0.640. The van der Waals surface area contributed by atoms with Crippen molar-refractivity contribution in [2.24, 2.45) is 0 Å². The van der Waals surface area contributed by atoms with Gasteiger partial charge in [-0.3, -0.25) is 15.6 Å². The fourth-order valence-corrected chi connectivity index (χ4v) is 3.48. The van der Waals surface area contributed by atoms with Gasteiger partial charge < -0.3 is 10.6 Å². The summed E-state index contributed by atoms with van der Waals surface area (Å²) in [6, 6.07) is 6.13. The lowest BCUT2D eigenvalue weighted by molar-refractivity contribution is -0.121. The van der Waals surface area contributed by atoms with Crippen molar-refractivity contribution in [3.63, 3.8) is 0 Å². The number of amides is 1. The zero-order chi connectivity index (χ0) is 18.7. The van der Waals surface area contributed by atoms with Gasteiger partial charge >= 0.3 is 0 Å². The fraction of sp³-hybridized carbons (Fsp3) is 0.353. The highest BCUT2D eigenvalue weighted by atomic mass is 79.9. The number of hydrogen-bond donors (Lipinski definition) is 3. The van der Waals surface area contributed by atoms with Gasteiger partial charge in [0.15, 0.2) is 5.82 Å². The number of nitrogens with one attached hydrogen (secondary N) is 2. The van der Waals surface area contributed by atoms with Crippen LogP contribution in [0.1, 0.15) is 19.3 Å². The Morgan fingerprint density at radius 1 is 1.38 bits per heavy atom. The molecule has 9 heteroatoms. The molecular weight excluding hydrogens is 403 g/mol. The van der Waals surface area contributed by atoms with Crippen LogP contribution in [0.4, 0.5) is 16.2 Å². The highest BCUT2D eigenvalue weighted by molar-refractivity contribution is 9.10. The van der Waals surface area contributed by atoms with Crippen LogP contribution in [0.25, 0.3) is 11.3 Å². The molecule has 2 aromatic rings. The summed E-state index contributed by atoms with van der Waals surface area (Å²) in [4.78, 5) is 22.7. The molecule has 0 radical (unpaired) electrons. The Hall–Kier alpha value is -2.26. The number of likely N-dealkylation sites (tertiary alicyclic amines) is 1. The number of nitrogens with zero attached hydrogens (tertiary/aromatic N) is 3. The lowest BCUT2D eigenvalue weighted by Crippen LogP contribution is -2.36. The topological polar surface area (TPSA) is 96.2 Å². The average Bonchev–Trinajstić information content (AvgIpc) is 3.01. The fourth-order valence-electron chi connectivity index (χ4n) is 2.98. The minimum absolute atomic E-state index is 0.0415. The number of hydrogen-bond acceptors (Lipinski definition) is 6. The van der Waals surface area contributed by atoms with E-state index in [4.69, 9.17) is 5.73 Å². The van der Waals surface area contributed by atoms with E-state index in [1.165, 1.54) is 12.1 Å². The van der Waals surface area contributed by atoms with E-state index < -0.39 is 0 Å². The zero-order valence-corrected chi connectivity index (χ0v) is 15.9. The van der Waals surface area contributed by atoms with Crippen molar-refractivity contribution < 1.29 is 9.18 Å². The van der Waals surface area contributed by atoms with E-state index in [-0.39, 0.29) is 23.7 Å². The maximum atomic E-state index is 13.1. The molecule has 1 atom stereocenters. The van der Waals surface area contributed by atoms with Gasteiger partial charge in [-0.2, -0.15) is 4.98 Å². The van der Waals surface area contributed by atoms with Gasteiger partial charge in [-0.1, -0.05) is 0 Å². The molecule has 1 aliphatic heterocycles. The summed E-state index contributed by atoms with van der Waals surface area (Å²) in [5.41, 5.74) is 12.4. The SMILES string of the molecule is CN1CCC[C@@H]1CC(=O)NNc1nc(N)nc(-c2ccc(F)cc2)c1Br. The lowest BCUT2D eigenvalue weighted by atomic mass is 10.1. The highest BCUT2D eigenvalue weighted by Crippen LogP contribution is 2.32. The highest BCUT2D eigenvalue weighted by Gasteiger charge is 2.23. The number of anilines is 2. The van der Waals surface area contributed by atoms with Crippen LogP contribution >= 0.6 is 15.9 Å². The third-order valence-electron chi connectivity index (χ3n) is 4.40. The molecule has 1 aromatic heterocycles. The van der Waals surface area contributed by atoms with E-state index in [1.54, 1.807) is 12.1 Å². The van der Waals surface area contributed by atoms with E-state index in [0.717, 1.165) is 19.4 Å². The molecule has 0 aliphatic carbocycles. The molecule has 3 rings (SSSR count). The standard InChI is InChI=1S/C17H20BrFN6O/c1-25-8-2-3-12(25)9-13(26)23-24-16-14(18)15(21-17(20)22-16)10-4-6-11(19)7-5-10/h4-7,12H,2-3,8-9H2,1H3,(H,23,26)(H3,20,21,22,24)/t12-/m1/s1. The second-order valence-electron chi connectivity index (χ2n) is 6.25. The third-order valence-corrected chi connectivity index (χ3v) is 5.15. The van der Waals surface area contributed by atoms with Crippen LogP contribution < -0.4 is 16.6 Å². The first-order valence-corrected chi connectivity index (χ1v) is 9.07. The number of benzene rings is 1. The number of halogens is 2. The molecule has 1 aliphatic rings. The molecule has 0 saturated carbocycles. The molecule has 0 bridgehead atoms. The molecule has 2 heterocycles. The van der Waals surface area contributed by atoms with Gasteiger partial charge in [-0.25, -0.2) is 9.37 Å². The molecule has 138 valence electrons. The van der Waals surface area contributed by atoms with E-state index in [1.807, 2.05) is 7.05 Å². The molecule has 1 saturated heterocycles. The van der Waals surface area contributed by atoms with E-state index in [0.29, 0.717) is 28.0 Å². The first-order chi connectivity index (χ1) is 12.4. The van der Waals surface area contributed by atoms with Crippen molar-refractivity contribution >= 4 is 33.6 Å². The Kier molecular flexibility index (Phi) is 5.67. The van der Waals surface area contributed by atoms with Gasteiger partial charge in [0.25, 0.3) is 0 Å². The van der Waals surface area contributed by atoms with E-state index >= 15 is 0 Å². The Morgan fingerprint density at radius 3 is 2.77 bits per heavy atom. The monoisotopic (exact) mass is 422 g/mol. The molecule has 7 nitrogen and oxygen atoms in total. The molecule has 1 fully saturated rings. The number of aromatic nitrogens is 2. The summed E-state index contributed by atoms with van der Waals surface area (Å²) in [5, 5.41) is 0. The van der Waals surface area contributed by atoms with Crippen LogP contribution in [0.15, 0.2) is 28.7 Å². The van der Waals surface area contributed by atoms with Crippen LogP contribution in [-0.4, -0.2) is 40.4 Å². The Labute approximate surface area is 159 Å². The van der Waals surface area contributed by atoms with Gasteiger partial charge in [-0.05, 0) is 66.6 Å². The number of carbonyl (C=O) groups is 1. The van der Waals surface area contributed by atoms with Crippen molar-refractivity contribution in [3.8, 4) is 11.3 Å². The minimum Gasteiger partial charge on any atom is -0.368 e. The summed E-state index contributed by atoms with van der Waals surface area (Å²) >= 11 is 3.42. The van der Waals surface area contributed by atoms with Crippen molar-refractivity contribution in [1.82, 2.24) is 20.3 Å². The second kappa shape index (κ2) is 7.96. The summed E-state index contributed by atoms with van der Waals surface area (Å²) in [5.74, 6) is -0.0877. The molecule has 1 aromatic carbocycles. The van der Waals surface area contributed by atoms with Crippen molar-refractivity contribution in [2.45, 2.75) is 25.3 Å². The molecule has 0 unspecified atom stereocenters. The van der Waals surface area contributed by atoms with Gasteiger partial charge in [-0.15, -0.1) is 0 Å². The van der Waals surface area contributed by atoms with E-state index in [9.17, 15) is 9.18 Å². The zero-order valence-electron chi connectivity index (χ0n) is 14.3. The first kappa shape index (κ1) is 18.5. The number of rotatable bonds is 5. The molecule has 1 amide bonds. The summed E-state index contributed by atoms with van der Waals surface area (Å²) in [6.07, 6.45) is 2.53. The lowest BCUT2D eigenvalue weighted by Gasteiger charge is -2.19. The predicted molar refractivity (Wildman–Crippen MR) is 102 cm³/mol. The maximum Gasteiger partial charge on any atom is 0.239 e. The van der Waals surface area contributed by atoms with Crippen molar-refractivity contribution in [3.05, 3.63) is 34.6 Å². The average molecular weight is 423 g/mol. The Bertz CT molecular complexity index is 801. The number of nitrogen functional groups attached to an aromatic ring is 1. The van der Waals surface area contributed by atoms with Crippen molar-refractivity contribution in [1.29, 1.82) is 0 Å². The third kappa shape index (κ3) is 4.28. The minimum atomic E-state index is -0.339. The maximum absolute atomic E-state index is 13.1. The van der Waals surface area contributed by atoms with E-state index in [2.05, 4.69) is 41.6 Å². The Balaban J connectivity index is 1.71. The van der Waals surface area contributed by atoms with Gasteiger partial charge in [0, 0.05) is 18.0 Å². The van der Waals surface area contributed by atoms with Gasteiger partial charge in [0.2, 0.25) is 11.9 Å². The smallest absolute Gasteiger partial charge is 0.239 e. The summed E-state index contributed by atoms with van der Waals surface area (Å²) in [6.45, 7) is 1.01. The summed E-state index contributed by atoms with van der Waals surface area (Å²) in [7, 11) is 2.02. The van der Waals surface area contributed by atoms with Crippen LogP contribution in [0.2, 0.25) is 0 Å². The van der Waals surface area contributed by atoms with Crippen LogP contribution in [0.3, 0.4) is 0 Å². The molecular formula is C17H20BrFN6O. The van der Waals surface area contributed by atoms with Crippen LogP contribution in [0, 0.1) is 5.82 Å². The van der Waals surface area contributed by atoms with Crippen LogP contribution in [-0.2, 0) is 4.79 Å². The van der Waals surface area contributed by atoms with Crippen molar-refractivity contribution in [2.75, 3.05) is 24.8 Å². The number of hydrazine groups is 1. The Morgan fingerprint density at radius 2 is 2.12 bits per heavy atom. The molecule has 4 N–H and O–H groups in total. The molecule has 0 spiro atoms. The largest absolute Gasteiger partial charge is 0.368 e. The number of nitrogens with two attached hydrogens (primary N) is 1. The van der Waals surface area contributed by atoms with Crippen LogP contribution in [0.5, 0.6) is 0 Å². The predicted octanol–water partition coefficient (Wildman–Crippen LogP) is 2.55. The normalized spacial score (nSPS) is 17.3. The summed E-state index contributed by atoms with van der Waals surface area (Å²) < 4.78 is 13.7. The van der Waals surface area contributed by atoms with Gasteiger partial charge in [0.05, 0.1) is 10.2 Å². The molecule has 26 heavy (non-hydrogen) atoms. The second-order valence-corrected chi connectivity index (χ2v) is 7.05. The van der Waals surface area contributed by atoms with Gasteiger partial charge in [0.1, 0.15) is 5.82 Å². The first-order valence-electron chi connectivity index (χ1n) is 8.28. The number of carbonyl (C=O) groups excluding carboxylic acids is 1.